The molecule has 0 aromatic heterocycles. The highest BCUT2D eigenvalue weighted by atomic mass is 19.1. The van der Waals surface area contributed by atoms with Crippen LogP contribution in [0, 0.1) is 11.7 Å². The second-order valence-corrected chi connectivity index (χ2v) is 5.57. The maximum Gasteiger partial charge on any atom is 0.126 e. The number of halogens is 1. The number of aliphatic hydroxyl groups excluding tert-OH is 1. The Morgan fingerprint density at radius 1 is 1.28 bits per heavy atom. The zero-order valence-electron chi connectivity index (χ0n) is 10.5. The van der Waals surface area contributed by atoms with E-state index in [9.17, 15) is 9.50 Å². The number of rotatable bonds is 3. The Labute approximate surface area is 107 Å². The molecule has 3 heteroatoms. The molecular weight excluding hydrogens is 229 g/mol. The number of hydrogen-bond donors (Lipinski definition) is 2. The first-order valence-corrected chi connectivity index (χ1v) is 6.94. The van der Waals surface area contributed by atoms with Gasteiger partial charge in [0.15, 0.2) is 0 Å². The van der Waals surface area contributed by atoms with Crippen LogP contribution in [0.25, 0.3) is 0 Å². The van der Waals surface area contributed by atoms with Gasteiger partial charge in [0.2, 0.25) is 0 Å². The van der Waals surface area contributed by atoms with Gasteiger partial charge in [-0.3, -0.25) is 0 Å². The zero-order valence-corrected chi connectivity index (χ0v) is 10.5. The second-order valence-electron chi connectivity index (χ2n) is 5.57. The van der Waals surface area contributed by atoms with Crippen molar-refractivity contribution in [1.82, 2.24) is 5.32 Å². The lowest BCUT2D eigenvalue weighted by molar-refractivity contribution is 0.130. The first kappa shape index (κ1) is 12.1. The van der Waals surface area contributed by atoms with Gasteiger partial charge in [0.05, 0.1) is 6.10 Å². The third-order valence-corrected chi connectivity index (χ3v) is 4.46. The first-order chi connectivity index (χ1) is 8.75. The summed E-state index contributed by atoms with van der Waals surface area (Å²) < 4.78 is 13.6. The van der Waals surface area contributed by atoms with Crippen LogP contribution in [0.3, 0.4) is 0 Å². The third-order valence-electron chi connectivity index (χ3n) is 4.46. The van der Waals surface area contributed by atoms with E-state index in [0.717, 1.165) is 49.8 Å². The van der Waals surface area contributed by atoms with E-state index in [2.05, 4.69) is 5.32 Å². The fourth-order valence-electron chi connectivity index (χ4n) is 3.37. The van der Waals surface area contributed by atoms with Crippen LogP contribution in [0.1, 0.15) is 42.9 Å². The number of nitrogens with one attached hydrogen (secondary N) is 1. The lowest BCUT2D eigenvalue weighted by Crippen LogP contribution is -2.30. The summed E-state index contributed by atoms with van der Waals surface area (Å²) >= 11 is 0. The molecule has 2 aliphatic carbocycles. The summed E-state index contributed by atoms with van der Waals surface area (Å²) in [5.41, 5.74) is 1.99. The minimum atomic E-state index is -0.147. The summed E-state index contributed by atoms with van der Waals surface area (Å²) in [4.78, 5) is 0. The third kappa shape index (κ3) is 2.17. The van der Waals surface area contributed by atoms with Crippen LogP contribution in [0.2, 0.25) is 0 Å². The Kier molecular flexibility index (Phi) is 3.35. The lowest BCUT2D eigenvalue weighted by Gasteiger charge is -2.19. The zero-order chi connectivity index (χ0) is 12.5. The molecule has 1 aromatic carbocycles. The molecule has 18 heavy (non-hydrogen) atoms. The van der Waals surface area contributed by atoms with Crippen molar-refractivity contribution in [2.24, 2.45) is 5.92 Å². The minimum Gasteiger partial charge on any atom is -0.393 e. The summed E-state index contributed by atoms with van der Waals surface area (Å²) in [7, 11) is 0. The normalized spacial score (nSPS) is 30.7. The van der Waals surface area contributed by atoms with Gasteiger partial charge in [-0.25, -0.2) is 4.39 Å². The molecule has 3 rings (SSSR count). The maximum atomic E-state index is 13.6. The molecule has 0 aliphatic heterocycles. The van der Waals surface area contributed by atoms with Crippen molar-refractivity contribution in [2.75, 3.05) is 6.54 Å². The fourth-order valence-corrected chi connectivity index (χ4v) is 3.37. The summed E-state index contributed by atoms with van der Waals surface area (Å²) in [5, 5.41) is 13.3. The highest BCUT2D eigenvalue weighted by Gasteiger charge is 2.28. The van der Waals surface area contributed by atoms with Gasteiger partial charge < -0.3 is 10.4 Å². The van der Waals surface area contributed by atoms with Crippen LogP contribution in [-0.2, 0) is 6.42 Å². The van der Waals surface area contributed by atoms with Crippen LogP contribution in [-0.4, -0.2) is 17.8 Å². The van der Waals surface area contributed by atoms with E-state index in [4.69, 9.17) is 0 Å². The van der Waals surface area contributed by atoms with Gasteiger partial charge in [0, 0.05) is 12.6 Å². The van der Waals surface area contributed by atoms with Crippen LogP contribution in [0.15, 0.2) is 18.2 Å². The predicted octanol–water partition coefficient (Wildman–Crippen LogP) is 2.56. The molecule has 0 radical (unpaired) electrons. The van der Waals surface area contributed by atoms with Crippen molar-refractivity contribution in [1.29, 1.82) is 0 Å². The van der Waals surface area contributed by atoms with Gasteiger partial charge in [0.25, 0.3) is 0 Å². The van der Waals surface area contributed by atoms with Crippen molar-refractivity contribution in [2.45, 2.75) is 44.2 Å². The summed E-state index contributed by atoms with van der Waals surface area (Å²) in [6.45, 7) is 0.849. The number of benzene rings is 1. The summed E-state index contributed by atoms with van der Waals surface area (Å²) in [6, 6.07) is 5.62. The Hall–Kier alpha value is -0.930. The molecule has 1 saturated carbocycles. The van der Waals surface area contributed by atoms with E-state index in [1.165, 1.54) is 0 Å². The molecule has 0 saturated heterocycles. The average Bonchev–Trinajstić information content (AvgIpc) is 2.94. The van der Waals surface area contributed by atoms with Crippen molar-refractivity contribution in [3.8, 4) is 0 Å². The summed E-state index contributed by atoms with van der Waals surface area (Å²) in [6.07, 6.45) is 4.82. The number of aliphatic hydroxyl groups is 1. The number of hydrogen-bond acceptors (Lipinski definition) is 2. The minimum absolute atomic E-state index is 0.0716. The highest BCUT2D eigenvalue weighted by Crippen LogP contribution is 2.33. The molecule has 0 spiro atoms. The lowest BCUT2D eigenvalue weighted by atomic mass is 10.0. The van der Waals surface area contributed by atoms with Gasteiger partial charge in [-0.05, 0) is 48.8 Å². The Balaban J connectivity index is 1.64. The van der Waals surface area contributed by atoms with E-state index in [0.29, 0.717) is 5.92 Å². The second kappa shape index (κ2) is 4.98. The molecule has 2 N–H and O–H groups in total. The highest BCUT2D eigenvalue weighted by molar-refractivity contribution is 5.35. The average molecular weight is 249 g/mol. The van der Waals surface area contributed by atoms with Crippen molar-refractivity contribution in [3.05, 3.63) is 35.1 Å². The quantitative estimate of drug-likeness (QED) is 0.863. The van der Waals surface area contributed by atoms with Crippen LogP contribution in [0.5, 0.6) is 0 Å². The van der Waals surface area contributed by atoms with Gasteiger partial charge in [-0.1, -0.05) is 18.6 Å². The van der Waals surface area contributed by atoms with Crippen molar-refractivity contribution >= 4 is 0 Å². The molecule has 2 aliphatic rings. The smallest absolute Gasteiger partial charge is 0.126 e. The first-order valence-electron chi connectivity index (χ1n) is 6.94. The molecule has 0 heterocycles. The van der Waals surface area contributed by atoms with Crippen LogP contribution >= 0.6 is 0 Å². The Morgan fingerprint density at radius 2 is 2.17 bits per heavy atom. The number of fused-ring (bicyclic) bond motifs is 1. The van der Waals surface area contributed by atoms with E-state index < -0.39 is 0 Å². The molecule has 1 fully saturated rings. The van der Waals surface area contributed by atoms with Crippen molar-refractivity contribution in [3.63, 3.8) is 0 Å². The molecule has 3 atom stereocenters. The van der Waals surface area contributed by atoms with E-state index in [1.807, 2.05) is 6.07 Å². The molecule has 0 amide bonds. The van der Waals surface area contributed by atoms with Crippen molar-refractivity contribution < 1.29 is 9.50 Å². The molecule has 1 aromatic rings. The van der Waals surface area contributed by atoms with Gasteiger partial charge >= 0.3 is 0 Å². The van der Waals surface area contributed by atoms with Crippen LogP contribution < -0.4 is 5.32 Å². The largest absolute Gasteiger partial charge is 0.393 e. The monoisotopic (exact) mass is 249 g/mol. The van der Waals surface area contributed by atoms with E-state index in [1.54, 1.807) is 12.1 Å². The van der Waals surface area contributed by atoms with Gasteiger partial charge in [-0.15, -0.1) is 0 Å². The fraction of sp³-hybridized carbons (Fsp3) is 0.600. The topological polar surface area (TPSA) is 32.3 Å². The van der Waals surface area contributed by atoms with Gasteiger partial charge in [0.1, 0.15) is 5.82 Å². The molecule has 98 valence electrons. The molecule has 2 nitrogen and oxygen atoms in total. The summed E-state index contributed by atoms with van der Waals surface area (Å²) in [5.74, 6) is 0.306. The predicted molar refractivity (Wildman–Crippen MR) is 68.8 cm³/mol. The molecular formula is C15H20FNO. The molecule has 0 bridgehead atoms. The van der Waals surface area contributed by atoms with E-state index >= 15 is 0 Å². The van der Waals surface area contributed by atoms with E-state index in [-0.39, 0.29) is 18.0 Å². The maximum absolute atomic E-state index is 13.6. The molecule has 3 unspecified atom stereocenters. The Morgan fingerprint density at radius 3 is 2.94 bits per heavy atom. The Bertz CT molecular complexity index is 435. The SMILES string of the molecule is OC1CCCC1CNC1CCc2c(F)cccc21. The van der Waals surface area contributed by atoms with Gasteiger partial charge in [-0.2, -0.15) is 0 Å². The standard InChI is InChI=1S/C15H20FNO/c16-13-5-2-4-12-11(13)7-8-14(12)17-9-10-3-1-6-15(10)18/h2,4-5,10,14-15,17-18H,1,3,6-9H2. The van der Waals surface area contributed by atoms with Crippen LogP contribution in [0.4, 0.5) is 4.39 Å².